The number of tetrazole rings is 1. The molecule has 0 saturated heterocycles. The van der Waals surface area contributed by atoms with E-state index in [0.29, 0.717) is 6.04 Å². The summed E-state index contributed by atoms with van der Waals surface area (Å²) in [6.45, 7) is 2.05. The van der Waals surface area contributed by atoms with Crippen LogP contribution in [0.25, 0.3) is 0 Å². The Morgan fingerprint density at radius 3 is 3.06 bits per heavy atom. The number of nitrogens with zero attached hydrogens (tertiary/aromatic N) is 6. The lowest BCUT2D eigenvalue weighted by Crippen LogP contribution is -1.98. The number of hydrogen-bond donors (Lipinski definition) is 0. The summed E-state index contributed by atoms with van der Waals surface area (Å²) >= 11 is 2.90. The zero-order valence-corrected chi connectivity index (χ0v) is 10.3. The van der Waals surface area contributed by atoms with Gasteiger partial charge in [0.05, 0.1) is 6.04 Å². The Labute approximate surface area is 101 Å². The standard InChI is InChI=1S/C8H10N6S2/c1-2-6-9-8(16-11-6)15-7-10-12-13-14(7)5-3-4-5/h5H,2-4H2,1H3. The monoisotopic (exact) mass is 254 g/mol. The highest BCUT2D eigenvalue weighted by atomic mass is 32.2. The van der Waals surface area contributed by atoms with Crippen molar-refractivity contribution in [2.45, 2.75) is 41.7 Å². The minimum atomic E-state index is 0.496. The van der Waals surface area contributed by atoms with Crippen molar-refractivity contribution in [3.63, 3.8) is 0 Å². The molecule has 1 saturated carbocycles. The van der Waals surface area contributed by atoms with E-state index in [1.807, 2.05) is 11.6 Å². The summed E-state index contributed by atoms with van der Waals surface area (Å²) in [5.74, 6) is 0.887. The maximum Gasteiger partial charge on any atom is 0.216 e. The first kappa shape index (κ1) is 10.2. The molecule has 0 aromatic carbocycles. The Bertz CT molecular complexity index is 488. The van der Waals surface area contributed by atoms with Crippen LogP contribution in [0.5, 0.6) is 0 Å². The molecule has 1 fully saturated rings. The largest absolute Gasteiger partial charge is 0.217 e. The molecule has 2 aromatic rings. The first-order chi connectivity index (χ1) is 7.86. The van der Waals surface area contributed by atoms with E-state index in [1.165, 1.54) is 36.1 Å². The highest BCUT2D eigenvalue weighted by Crippen LogP contribution is 2.38. The van der Waals surface area contributed by atoms with E-state index >= 15 is 0 Å². The molecule has 16 heavy (non-hydrogen) atoms. The lowest BCUT2D eigenvalue weighted by molar-refractivity contribution is 0.565. The van der Waals surface area contributed by atoms with E-state index in [1.54, 1.807) is 0 Å². The highest BCUT2D eigenvalue weighted by molar-refractivity contribution is 8.00. The molecule has 84 valence electrons. The van der Waals surface area contributed by atoms with Gasteiger partial charge in [0, 0.05) is 6.42 Å². The number of aromatic nitrogens is 6. The molecule has 0 radical (unpaired) electrons. The molecule has 2 heterocycles. The second kappa shape index (κ2) is 4.10. The van der Waals surface area contributed by atoms with Crippen LogP contribution in [-0.4, -0.2) is 29.6 Å². The van der Waals surface area contributed by atoms with Gasteiger partial charge < -0.3 is 0 Å². The van der Waals surface area contributed by atoms with Crippen molar-refractivity contribution in [1.29, 1.82) is 0 Å². The van der Waals surface area contributed by atoms with Crippen LogP contribution < -0.4 is 0 Å². The Morgan fingerprint density at radius 2 is 2.38 bits per heavy atom. The van der Waals surface area contributed by atoms with Crippen LogP contribution in [0.4, 0.5) is 0 Å². The van der Waals surface area contributed by atoms with Gasteiger partial charge >= 0.3 is 0 Å². The second-order valence-electron chi connectivity index (χ2n) is 3.57. The van der Waals surface area contributed by atoms with Gasteiger partial charge in [0.1, 0.15) is 5.82 Å². The average Bonchev–Trinajstić information content (AvgIpc) is 2.88. The van der Waals surface area contributed by atoms with Crippen LogP contribution in [-0.2, 0) is 6.42 Å². The summed E-state index contributed by atoms with van der Waals surface area (Å²) in [6, 6.07) is 0.496. The predicted octanol–water partition coefficient (Wildman–Crippen LogP) is 1.57. The molecule has 6 nitrogen and oxygen atoms in total. The Balaban J connectivity index is 1.79. The quantitative estimate of drug-likeness (QED) is 0.825. The van der Waals surface area contributed by atoms with Crippen molar-refractivity contribution in [2.24, 2.45) is 0 Å². The van der Waals surface area contributed by atoms with Gasteiger partial charge in [-0.05, 0) is 46.6 Å². The molecule has 1 aliphatic carbocycles. The van der Waals surface area contributed by atoms with Gasteiger partial charge in [-0.25, -0.2) is 9.67 Å². The molecule has 0 atom stereocenters. The average molecular weight is 254 g/mol. The Kier molecular flexibility index (Phi) is 2.60. The van der Waals surface area contributed by atoms with Crippen LogP contribution in [0.15, 0.2) is 9.50 Å². The number of hydrogen-bond acceptors (Lipinski definition) is 7. The third kappa shape index (κ3) is 1.94. The van der Waals surface area contributed by atoms with Crippen LogP contribution in [0.2, 0.25) is 0 Å². The summed E-state index contributed by atoms with van der Waals surface area (Å²) < 4.78 is 7.03. The fraction of sp³-hybridized carbons (Fsp3) is 0.625. The fourth-order valence-electron chi connectivity index (χ4n) is 1.30. The number of aryl methyl sites for hydroxylation is 1. The van der Waals surface area contributed by atoms with E-state index in [2.05, 4.69) is 24.9 Å². The van der Waals surface area contributed by atoms with Crippen molar-refractivity contribution in [3.05, 3.63) is 5.82 Å². The van der Waals surface area contributed by atoms with E-state index in [0.717, 1.165) is 21.7 Å². The SMILES string of the molecule is CCc1nsc(Sc2nnnn2C2CC2)n1. The smallest absolute Gasteiger partial charge is 0.216 e. The molecule has 0 aliphatic heterocycles. The van der Waals surface area contributed by atoms with E-state index in [9.17, 15) is 0 Å². The van der Waals surface area contributed by atoms with Gasteiger partial charge in [0.2, 0.25) is 5.16 Å². The highest BCUT2D eigenvalue weighted by Gasteiger charge is 2.28. The van der Waals surface area contributed by atoms with Crippen LogP contribution in [0.3, 0.4) is 0 Å². The molecular weight excluding hydrogens is 244 g/mol. The molecule has 0 bridgehead atoms. The molecule has 0 spiro atoms. The van der Waals surface area contributed by atoms with Crippen LogP contribution in [0, 0.1) is 0 Å². The summed E-state index contributed by atoms with van der Waals surface area (Å²) in [5.41, 5.74) is 0. The van der Waals surface area contributed by atoms with Crippen LogP contribution >= 0.6 is 23.3 Å². The Morgan fingerprint density at radius 1 is 1.50 bits per heavy atom. The van der Waals surface area contributed by atoms with Crippen molar-refractivity contribution < 1.29 is 0 Å². The summed E-state index contributed by atoms with van der Waals surface area (Å²) in [7, 11) is 0. The van der Waals surface area contributed by atoms with E-state index < -0.39 is 0 Å². The van der Waals surface area contributed by atoms with Gasteiger partial charge in [0.15, 0.2) is 4.34 Å². The summed E-state index contributed by atoms with van der Waals surface area (Å²) in [6.07, 6.45) is 3.22. The third-order valence-corrected chi connectivity index (χ3v) is 4.04. The van der Waals surface area contributed by atoms with Crippen molar-refractivity contribution in [1.82, 2.24) is 29.6 Å². The van der Waals surface area contributed by atoms with Gasteiger partial charge in [-0.15, -0.1) is 5.10 Å². The van der Waals surface area contributed by atoms with Gasteiger partial charge in [-0.1, -0.05) is 6.92 Å². The molecule has 0 N–H and O–H groups in total. The van der Waals surface area contributed by atoms with E-state index in [4.69, 9.17) is 0 Å². The normalized spacial score (nSPS) is 15.6. The zero-order chi connectivity index (χ0) is 11.0. The van der Waals surface area contributed by atoms with Gasteiger partial charge in [0.25, 0.3) is 0 Å². The fourth-order valence-corrected chi connectivity index (χ4v) is 2.95. The molecule has 0 unspecified atom stereocenters. The third-order valence-electron chi connectivity index (χ3n) is 2.30. The van der Waals surface area contributed by atoms with Crippen molar-refractivity contribution >= 4 is 23.3 Å². The molecule has 2 aromatic heterocycles. The van der Waals surface area contributed by atoms with Gasteiger partial charge in [-0.3, -0.25) is 0 Å². The molecule has 8 heteroatoms. The molecular formula is C8H10N6S2. The second-order valence-corrected chi connectivity index (χ2v) is 5.54. The van der Waals surface area contributed by atoms with Crippen molar-refractivity contribution in [3.8, 4) is 0 Å². The minimum absolute atomic E-state index is 0.496. The zero-order valence-electron chi connectivity index (χ0n) is 8.70. The maximum absolute atomic E-state index is 4.39. The van der Waals surface area contributed by atoms with E-state index in [-0.39, 0.29) is 0 Å². The first-order valence-electron chi connectivity index (χ1n) is 5.15. The minimum Gasteiger partial charge on any atom is -0.217 e. The summed E-state index contributed by atoms with van der Waals surface area (Å²) in [4.78, 5) is 4.39. The molecule has 3 rings (SSSR count). The van der Waals surface area contributed by atoms with Gasteiger partial charge in [-0.2, -0.15) is 4.37 Å². The number of rotatable bonds is 4. The first-order valence-corrected chi connectivity index (χ1v) is 6.74. The summed E-state index contributed by atoms with van der Waals surface area (Å²) in [5, 5.41) is 12.5. The Hall–Kier alpha value is -1.02. The maximum atomic E-state index is 4.39. The van der Waals surface area contributed by atoms with Crippen LogP contribution in [0.1, 0.15) is 31.6 Å². The molecule has 1 aliphatic rings. The lowest BCUT2D eigenvalue weighted by atomic mass is 10.5. The topological polar surface area (TPSA) is 69.4 Å². The predicted molar refractivity (Wildman–Crippen MR) is 59.5 cm³/mol. The van der Waals surface area contributed by atoms with Crippen molar-refractivity contribution in [2.75, 3.05) is 0 Å². The molecule has 0 amide bonds. The lowest BCUT2D eigenvalue weighted by Gasteiger charge is -1.97.